The highest BCUT2D eigenvalue weighted by molar-refractivity contribution is 6.15. The fourth-order valence-corrected chi connectivity index (χ4v) is 3.66. The zero-order valence-electron chi connectivity index (χ0n) is 16.2. The Hall–Kier alpha value is -4.06. The molecule has 0 unspecified atom stereocenters. The molecule has 0 bridgehead atoms. The second-order valence-corrected chi connectivity index (χ2v) is 6.68. The van der Waals surface area contributed by atoms with Gasteiger partial charge in [-0.05, 0) is 24.4 Å². The molecule has 0 spiro atoms. The number of rotatable bonds is 4. The topological polar surface area (TPSA) is 87.1 Å². The maximum atomic E-state index is 13.1. The fraction of sp³-hybridized carbons (Fsp3) is 0.0833. The van der Waals surface area contributed by atoms with E-state index in [2.05, 4.69) is 0 Å². The van der Waals surface area contributed by atoms with Crippen molar-refractivity contribution >= 4 is 45.3 Å². The van der Waals surface area contributed by atoms with Gasteiger partial charge in [-0.15, -0.1) is 0 Å². The van der Waals surface area contributed by atoms with E-state index in [9.17, 15) is 19.8 Å². The van der Waals surface area contributed by atoms with E-state index in [0.29, 0.717) is 32.8 Å². The van der Waals surface area contributed by atoms with Crippen molar-refractivity contribution in [2.24, 2.45) is 0 Å². The molecule has 4 aromatic rings. The molecule has 1 amide bonds. The van der Waals surface area contributed by atoms with Crippen LogP contribution in [0.25, 0.3) is 21.5 Å². The Morgan fingerprint density at radius 2 is 1.53 bits per heavy atom. The zero-order chi connectivity index (χ0) is 21.3. The van der Waals surface area contributed by atoms with Gasteiger partial charge in [0.2, 0.25) is 0 Å². The van der Waals surface area contributed by atoms with Crippen LogP contribution in [0.1, 0.15) is 17.3 Å². The molecule has 0 aliphatic carbocycles. The summed E-state index contributed by atoms with van der Waals surface area (Å²) in [5.41, 5.74) is 1.12. The molecule has 0 aliphatic heterocycles. The number of amides is 1. The molecule has 2 N–H and O–H groups in total. The van der Waals surface area contributed by atoms with Crippen LogP contribution in [0.5, 0.6) is 11.5 Å². The molecule has 0 saturated carbocycles. The molecular weight excluding hydrogens is 382 g/mol. The lowest BCUT2D eigenvalue weighted by molar-refractivity contribution is 0.112. The van der Waals surface area contributed by atoms with Crippen LogP contribution < -0.4 is 4.90 Å². The molecule has 0 fully saturated rings. The predicted octanol–water partition coefficient (Wildman–Crippen LogP) is 5.51. The van der Waals surface area contributed by atoms with Crippen LogP contribution in [0.4, 0.5) is 16.2 Å². The first-order chi connectivity index (χ1) is 14.6. The van der Waals surface area contributed by atoms with Gasteiger partial charge in [-0.25, -0.2) is 9.69 Å². The summed E-state index contributed by atoms with van der Waals surface area (Å²) in [5, 5.41) is 23.3. The number of fused-ring (bicyclic) bond motifs is 2. The van der Waals surface area contributed by atoms with Crippen LogP contribution in [0.2, 0.25) is 0 Å². The second kappa shape index (κ2) is 7.75. The number of carbonyl (C=O) groups excluding carboxylic acids is 2. The number of aromatic hydroxyl groups is 2. The molecule has 0 radical (unpaired) electrons. The summed E-state index contributed by atoms with van der Waals surface area (Å²) in [4.78, 5) is 25.9. The fourth-order valence-electron chi connectivity index (χ4n) is 3.66. The normalized spacial score (nSPS) is 10.8. The Balaban J connectivity index is 2.09. The highest BCUT2D eigenvalue weighted by Gasteiger charge is 2.27. The van der Waals surface area contributed by atoms with Crippen LogP contribution in [-0.4, -0.2) is 29.2 Å². The van der Waals surface area contributed by atoms with Gasteiger partial charge in [-0.2, -0.15) is 0 Å². The third kappa shape index (κ3) is 3.08. The maximum Gasteiger partial charge on any atom is 0.419 e. The van der Waals surface area contributed by atoms with E-state index < -0.39 is 6.09 Å². The number of ether oxygens (including phenoxy) is 1. The van der Waals surface area contributed by atoms with Crippen molar-refractivity contribution in [3.05, 3.63) is 72.3 Å². The van der Waals surface area contributed by atoms with Crippen molar-refractivity contribution in [3.8, 4) is 11.5 Å². The molecule has 0 aromatic heterocycles. The molecule has 150 valence electrons. The van der Waals surface area contributed by atoms with Crippen LogP contribution in [0, 0.1) is 0 Å². The number of anilines is 2. The predicted molar refractivity (Wildman–Crippen MR) is 116 cm³/mol. The minimum atomic E-state index is -0.687. The van der Waals surface area contributed by atoms with E-state index in [-0.39, 0.29) is 23.8 Å². The smallest absolute Gasteiger partial charge is 0.419 e. The van der Waals surface area contributed by atoms with Gasteiger partial charge in [-0.1, -0.05) is 48.5 Å². The summed E-state index contributed by atoms with van der Waals surface area (Å²) in [7, 11) is 0. The van der Waals surface area contributed by atoms with Gasteiger partial charge in [0.1, 0.15) is 17.2 Å². The van der Waals surface area contributed by atoms with Crippen LogP contribution in [0.3, 0.4) is 0 Å². The standard InChI is InChI=1S/C24H19NO5/c1-2-30-24(29)25(20-12-11-15(14-26)16-7-3-4-8-17(16)20)23-19-10-6-5-9-18(19)21(27)13-22(23)28/h3-14,27-28H,2H2,1H3. The van der Waals surface area contributed by atoms with Gasteiger partial charge < -0.3 is 14.9 Å². The van der Waals surface area contributed by atoms with E-state index >= 15 is 0 Å². The van der Waals surface area contributed by atoms with Gasteiger partial charge in [0, 0.05) is 27.8 Å². The number of benzene rings is 4. The third-order valence-corrected chi connectivity index (χ3v) is 4.95. The SMILES string of the molecule is CCOC(=O)N(c1ccc(C=O)c2ccccc12)c1c(O)cc(O)c2ccccc12. The molecule has 6 heteroatoms. The molecule has 4 aromatic carbocycles. The Morgan fingerprint density at radius 1 is 0.900 bits per heavy atom. The Morgan fingerprint density at radius 3 is 2.20 bits per heavy atom. The van der Waals surface area contributed by atoms with Crippen LogP contribution in [-0.2, 0) is 4.74 Å². The number of phenols is 2. The number of phenolic OH excluding ortho intramolecular Hbond substituents is 2. The van der Waals surface area contributed by atoms with Crippen molar-refractivity contribution in [2.45, 2.75) is 6.92 Å². The molecule has 4 rings (SSSR count). The van der Waals surface area contributed by atoms with Crippen molar-refractivity contribution < 1.29 is 24.5 Å². The van der Waals surface area contributed by atoms with E-state index in [4.69, 9.17) is 4.74 Å². The highest BCUT2D eigenvalue weighted by Crippen LogP contribution is 2.45. The van der Waals surface area contributed by atoms with E-state index in [1.165, 1.54) is 11.0 Å². The third-order valence-electron chi connectivity index (χ3n) is 4.95. The van der Waals surface area contributed by atoms with E-state index in [1.54, 1.807) is 67.6 Å². The Bertz CT molecular complexity index is 1280. The minimum absolute atomic E-state index is 0.100. The second-order valence-electron chi connectivity index (χ2n) is 6.68. The van der Waals surface area contributed by atoms with Crippen LogP contribution >= 0.6 is 0 Å². The number of carbonyl (C=O) groups is 2. The number of aldehydes is 1. The van der Waals surface area contributed by atoms with Gasteiger partial charge in [-0.3, -0.25) is 4.79 Å². The van der Waals surface area contributed by atoms with E-state index in [0.717, 1.165) is 6.29 Å². The lowest BCUT2D eigenvalue weighted by atomic mass is 10.0. The molecule has 30 heavy (non-hydrogen) atoms. The first-order valence-electron chi connectivity index (χ1n) is 9.44. The summed E-state index contributed by atoms with van der Waals surface area (Å²) < 4.78 is 5.30. The molecular formula is C24H19NO5. The Kier molecular flexibility index (Phi) is 4.98. The van der Waals surface area contributed by atoms with Crippen molar-refractivity contribution in [3.63, 3.8) is 0 Å². The van der Waals surface area contributed by atoms with Gasteiger partial charge in [0.15, 0.2) is 6.29 Å². The average Bonchev–Trinajstić information content (AvgIpc) is 2.76. The summed E-state index contributed by atoms with van der Waals surface area (Å²) in [6.45, 7) is 1.83. The van der Waals surface area contributed by atoms with E-state index in [1.807, 2.05) is 0 Å². The number of hydrogen-bond donors (Lipinski definition) is 2. The monoisotopic (exact) mass is 401 g/mol. The molecule has 0 aliphatic rings. The van der Waals surface area contributed by atoms with Crippen molar-refractivity contribution in [2.75, 3.05) is 11.5 Å². The molecule has 0 atom stereocenters. The summed E-state index contributed by atoms with van der Waals surface area (Å²) >= 11 is 0. The average molecular weight is 401 g/mol. The van der Waals surface area contributed by atoms with Gasteiger partial charge in [0.05, 0.1) is 12.3 Å². The number of nitrogens with zero attached hydrogens (tertiary/aromatic N) is 1. The lowest BCUT2D eigenvalue weighted by Gasteiger charge is -2.26. The van der Waals surface area contributed by atoms with Crippen molar-refractivity contribution in [1.29, 1.82) is 0 Å². The summed E-state index contributed by atoms with van der Waals surface area (Å²) in [6.07, 6.45) is 0.0708. The first kappa shape index (κ1) is 19.3. The number of hydrogen-bond acceptors (Lipinski definition) is 5. The largest absolute Gasteiger partial charge is 0.507 e. The Labute approximate surface area is 172 Å². The summed E-state index contributed by atoms with van der Waals surface area (Å²) in [5.74, 6) is -0.375. The highest BCUT2D eigenvalue weighted by atomic mass is 16.6. The van der Waals surface area contributed by atoms with Gasteiger partial charge >= 0.3 is 6.09 Å². The minimum Gasteiger partial charge on any atom is -0.507 e. The molecule has 0 heterocycles. The first-order valence-corrected chi connectivity index (χ1v) is 9.44. The quantitative estimate of drug-likeness (QED) is 0.440. The molecule has 0 saturated heterocycles. The zero-order valence-corrected chi connectivity index (χ0v) is 16.2. The van der Waals surface area contributed by atoms with Crippen LogP contribution in [0.15, 0.2) is 66.7 Å². The maximum absolute atomic E-state index is 13.1. The molecule has 6 nitrogen and oxygen atoms in total. The summed E-state index contributed by atoms with van der Waals surface area (Å²) in [6, 6.07) is 18.6. The van der Waals surface area contributed by atoms with Gasteiger partial charge in [0.25, 0.3) is 0 Å². The lowest BCUT2D eigenvalue weighted by Crippen LogP contribution is -2.27. The van der Waals surface area contributed by atoms with Crippen molar-refractivity contribution in [1.82, 2.24) is 0 Å².